The Bertz CT molecular complexity index is 599. The fourth-order valence-corrected chi connectivity index (χ4v) is 2.78. The van der Waals surface area contributed by atoms with Gasteiger partial charge in [-0.15, -0.1) is 0 Å². The number of carboxylic acid groups (broad SMARTS) is 3. The van der Waals surface area contributed by atoms with Gasteiger partial charge in [-0.2, -0.15) is 0 Å². The molecule has 0 atom stereocenters. The average molecular weight is 395 g/mol. The van der Waals surface area contributed by atoms with Crippen molar-refractivity contribution in [3.05, 3.63) is 34.9 Å². The summed E-state index contributed by atoms with van der Waals surface area (Å²) < 4.78 is 0. The van der Waals surface area contributed by atoms with Crippen LogP contribution in [0.25, 0.3) is 0 Å². The lowest BCUT2D eigenvalue weighted by Crippen LogP contribution is -2.10. The third kappa shape index (κ3) is 11.4. The monoisotopic (exact) mass is 394 g/mol. The maximum Gasteiger partial charge on any atom is 0.336 e. The van der Waals surface area contributed by atoms with Gasteiger partial charge in [0.15, 0.2) is 0 Å². The molecule has 158 valence electrons. The van der Waals surface area contributed by atoms with Crippen molar-refractivity contribution in [1.29, 1.82) is 0 Å². The molecule has 1 aromatic carbocycles. The molecule has 0 saturated heterocycles. The van der Waals surface area contributed by atoms with Gasteiger partial charge < -0.3 is 15.3 Å². The second kappa shape index (κ2) is 15.7. The van der Waals surface area contributed by atoms with E-state index in [9.17, 15) is 14.4 Å². The van der Waals surface area contributed by atoms with E-state index in [2.05, 4.69) is 13.8 Å². The summed E-state index contributed by atoms with van der Waals surface area (Å²) in [6.07, 6.45) is 15.9. The van der Waals surface area contributed by atoms with E-state index in [0.29, 0.717) is 0 Å². The van der Waals surface area contributed by atoms with Crippen LogP contribution in [0.5, 0.6) is 0 Å². The molecule has 0 spiro atoms. The van der Waals surface area contributed by atoms with Crippen LogP contribution in [0, 0.1) is 0 Å². The molecule has 0 aliphatic rings. The first-order valence-electron chi connectivity index (χ1n) is 10.2. The van der Waals surface area contributed by atoms with Crippen molar-refractivity contribution in [2.24, 2.45) is 0 Å². The summed E-state index contributed by atoms with van der Waals surface area (Å²) in [6, 6.07) is 2.81. The zero-order chi connectivity index (χ0) is 21.4. The van der Waals surface area contributed by atoms with Crippen LogP contribution in [0.3, 0.4) is 0 Å². The van der Waals surface area contributed by atoms with E-state index in [1.54, 1.807) is 0 Å². The predicted molar refractivity (Wildman–Crippen MR) is 109 cm³/mol. The number of carboxylic acids is 3. The SMILES string of the molecule is CCCCCCCCCCCCC.O=C(O)c1ccc(C(=O)O)c(C(=O)O)c1. The maximum absolute atomic E-state index is 10.6. The highest BCUT2D eigenvalue weighted by Crippen LogP contribution is 2.13. The first-order chi connectivity index (χ1) is 13.3. The van der Waals surface area contributed by atoms with Crippen molar-refractivity contribution >= 4 is 17.9 Å². The highest BCUT2D eigenvalue weighted by atomic mass is 16.4. The Morgan fingerprint density at radius 2 is 1.00 bits per heavy atom. The minimum atomic E-state index is -1.48. The van der Waals surface area contributed by atoms with Crippen LogP contribution in [-0.4, -0.2) is 33.2 Å². The van der Waals surface area contributed by atoms with Gasteiger partial charge in [-0.1, -0.05) is 84.5 Å². The molecular weight excluding hydrogens is 360 g/mol. The summed E-state index contributed by atoms with van der Waals surface area (Å²) in [5, 5.41) is 25.9. The number of unbranched alkanes of at least 4 members (excludes halogenated alkanes) is 10. The third-order valence-corrected chi connectivity index (χ3v) is 4.43. The van der Waals surface area contributed by atoms with Gasteiger partial charge in [0, 0.05) is 0 Å². The fourth-order valence-electron chi connectivity index (χ4n) is 2.78. The second-order valence-electron chi connectivity index (χ2n) is 6.86. The van der Waals surface area contributed by atoms with E-state index in [-0.39, 0.29) is 5.56 Å². The van der Waals surface area contributed by atoms with Gasteiger partial charge in [0.05, 0.1) is 16.7 Å². The molecule has 0 bridgehead atoms. The number of benzene rings is 1. The van der Waals surface area contributed by atoms with Crippen LogP contribution in [0.15, 0.2) is 18.2 Å². The van der Waals surface area contributed by atoms with Crippen molar-refractivity contribution in [3.8, 4) is 0 Å². The topological polar surface area (TPSA) is 112 Å². The summed E-state index contributed by atoms with van der Waals surface area (Å²) in [6.45, 7) is 4.56. The largest absolute Gasteiger partial charge is 0.478 e. The Kier molecular flexibility index (Phi) is 14.3. The van der Waals surface area contributed by atoms with E-state index >= 15 is 0 Å². The number of carbonyl (C=O) groups is 3. The molecular formula is C22H34O6. The smallest absolute Gasteiger partial charge is 0.336 e. The number of hydrogen-bond donors (Lipinski definition) is 3. The van der Waals surface area contributed by atoms with E-state index in [1.165, 1.54) is 70.6 Å². The third-order valence-electron chi connectivity index (χ3n) is 4.43. The minimum Gasteiger partial charge on any atom is -0.478 e. The molecule has 6 nitrogen and oxygen atoms in total. The van der Waals surface area contributed by atoms with Gasteiger partial charge in [-0.3, -0.25) is 0 Å². The van der Waals surface area contributed by atoms with E-state index in [1.807, 2.05) is 0 Å². The summed E-state index contributed by atoms with van der Waals surface area (Å²) >= 11 is 0. The Morgan fingerprint density at radius 3 is 1.32 bits per heavy atom. The molecule has 0 fully saturated rings. The Labute approximate surface area is 167 Å². The van der Waals surface area contributed by atoms with Gasteiger partial charge in [-0.05, 0) is 18.2 Å². The molecule has 28 heavy (non-hydrogen) atoms. The first-order valence-corrected chi connectivity index (χ1v) is 10.2. The van der Waals surface area contributed by atoms with Crippen molar-refractivity contribution in [2.75, 3.05) is 0 Å². The Balaban J connectivity index is 0.000000528. The van der Waals surface area contributed by atoms with Crippen LogP contribution in [-0.2, 0) is 0 Å². The minimum absolute atomic E-state index is 0.266. The normalized spacial score (nSPS) is 10.1. The van der Waals surface area contributed by atoms with E-state index in [4.69, 9.17) is 15.3 Å². The quantitative estimate of drug-likeness (QED) is 0.349. The molecule has 1 rings (SSSR count). The molecule has 0 aromatic heterocycles. The van der Waals surface area contributed by atoms with Crippen molar-refractivity contribution in [3.63, 3.8) is 0 Å². The average Bonchev–Trinajstić information content (AvgIpc) is 2.66. The van der Waals surface area contributed by atoms with Crippen LogP contribution in [0.4, 0.5) is 0 Å². The summed E-state index contributed by atoms with van der Waals surface area (Å²) in [5.74, 6) is -4.20. The zero-order valence-electron chi connectivity index (χ0n) is 17.1. The lowest BCUT2D eigenvalue weighted by molar-refractivity contribution is 0.0649. The van der Waals surface area contributed by atoms with Gasteiger partial charge in [-0.25, -0.2) is 14.4 Å². The summed E-state index contributed by atoms with van der Waals surface area (Å²) in [7, 11) is 0. The molecule has 0 aliphatic heterocycles. The molecule has 0 radical (unpaired) electrons. The lowest BCUT2D eigenvalue weighted by Gasteiger charge is -2.02. The van der Waals surface area contributed by atoms with Gasteiger partial charge in [0.25, 0.3) is 0 Å². The van der Waals surface area contributed by atoms with Gasteiger partial charge in [0.1, 0.15) is 0 Å². The van der Waals surface area contributed by atoms with Gasteiger partial charge in [0.2, 0.25) is 0 Å². The van der Waals surface area contributed by atoms with Crippen LogP contribution in [0.2, 0.25) is 0 Å². The lowest BCUT2D eigenvalue weighted by atomic mass is 10.0. The summed E-state index contributed by atoms with van der Waals surface area (Å²) in [4.78, 5) is 31.8. The van der Waals surface area contributed by atoms with E-state index < -0.39 is 29.0 Å². The summed E-state index contributed by atoms with van der Waals surface area (Å²) in [5.41, 5.74) is -1.24. The molecule has 0 amide bonds. The fraction of sp³-hybridized carbons (Fsp3) is 0.591. The van der Waals surface area contributed by atoms with Crippen molar-refractivity contribution in [2.45, 2.75) is 84.5 Å². The molecule has 6 heteroatoms. The molecule has 0 aliphatic carbocycles. The molecule has 3 N–H and O–H groups in total. The second-order valence-corrected chi connectivity index (χ2v) is 6.86. The number of rotatable bonds is 13. The maximum atomic E-state index is 10.6. The molecule has 0 saturated carbocycles. The molecule has 0 heterocycles. The standard InChI is InChI=1S/C13H28.C9H6O6/c1-3-5-7-9-11-13-12-10-8-6-4-2;10-7(11)4-1-2-5(8(12)13)6(3-4)9(14)15/h3-13H2,1-2H3;1-3H,(H,10,11)(H,12,13)(H,14,15). The highest BCUT2D eigenvalue weighted by molar-refractivity contribution is 6.03. The number of aromatic carboxylic acids is 3. The number of hydrogen-bond acceptors (Lipinski definition) is 3. The molecule has 1 aromatic rings. The zero-order valence-corrected chi connectivity index (χ0v) is 17.1. The highest BCUT2D eigenvalue weighted by Gasteiger charge is 2.17. The van der Waals surface area contributed by atoms with Crippen LogP contribution in [0.1, 0.15) is 116 Å². The van der Waals surface area contributed by atoms with Crippen molar-refractivity contribution in [1.82, 2.24) is 0 Å². The Morgan fingerprint density at radius 1 is 0.607 bits per heavy atom. The molecule has 0 unspecified atom stereocenters. The van der Waals surface area contributed by atoms with Crippen LogP contribution < -0.4 is 0 Å². The predicted octanol–water partition coefficient (Wildman–Crippen LogP) is 6.10. The van der Waals surface area contributed by atoms with Crippen molar-refractivity contribution < 1.29 is 29.7 Å². The Hall–Kier alpha value is -2.37. The first kappa shape index (κ1) is 25.6. The van der Waals surface area contributed by atoms with Crippen LogP contribution >= 0.6 is 0 Å². The van der Waals surface area contributed by atoms with Gasteiger partial charge >= 0.3 is 17.9 Å². The van der Waals surface area contributed by atoms with E-state index in [0.717, 1.165) is 18.2 Å².